The molecule has 0 aliphatic heterocycles. The van der Waals surface area contributed by atoms with Crippen LogP contribution in [0.15, 0.2) is 29.2 Å². The van der Waals surface area contributed by atoms with Crippen LogP contribution in [0, 0.1) is 0 Å². The molecule has 2 unspecified atom stereocenters. The van der Waals surface area contributed by atoms with Crippen LogP contribution in [0.25, 0.3) is 0 Å². The molecular formula is C13H21NOS. The second-order valence-electron chi connectivity index (χ2n) is 4.17. The number of hydrogen-bond acceptors (Lipinski definition) is 3. The van der Waals surface area contributed by atoms with E-state index in [-0.39, 0.29) is 6.10 Å². The van der Waals surface area contributed by atoms with Crippen molar-refractivity contribution in [1.29, 1.82) is 0 Å². The maximum absolute atomic E-state index is 9.20. The number of nitrogens with one attached hydrogen (secondary N) is 1. The molecule has 0 bridgehead atoms. The zero-order valence-electron chi connectivity index (χ0n) is 10.2. The number of hydrogen-bond donors (Lipinski definition) is 2. The smallest absolute Gasteiger partial charge is 0.0636 e. The van der Waals surface area contributed by atoms with Crippen molar-refractivity contribution < 1.29 is 5.11 Å². The van der Waals surface area contributed by atoms with E-state index >= 15 is 0 Å². The lowest BCUT2D eigenvalue weighted by molar-refractivity contribution is 0.187. The van der Waals surface area contributed by atoms with Gasteiger partial charge in [-0.3, -0.25) is 0 Å². The first-order valence-corrected chi connectivity index (χ1v) is 6.89. The van der Waals surface area contributed by atoms with E-state index in [9.17, 15) is 5.11 Å². The average molecular weight is 239 g/mol. The van der Waals surface area contributed by atoms with Gasteiger partial charge < -0.3 is 10.4 Å². The summed E-state index contributed by atoms with van der Waals surface area (Å²) in [7, 11) is 0. The summed E-state index contributed by atoms with van der Waals surface area (Å²) >= 11 is 1.78. The molecule has 2 N–H and O–H groups in total. The Labute approximate surface area is 102 Å². The van der Waals surface area contributed by atoms with Gasteiger partial charge in [0.1, 0.15) is 0 Å². The van der Waals surface area contributed by atoms with Crippen molar-refractivity contribution in [2.24, 2.45) is 0 Å². The second-order valence-corrected chi connectivity index (χ2v) is 5.02. The Hall–Kier alpha value is -0.510. The highest BCUT2D eigenvalue weighted by Crippen LogP contribution is 2.20. The molecule has 0 aromatic heterocycles. The van der Waals surface area contributed by atoms with Crippen molar-refractivity contribution in [3.63, 3.8) is 0 Å². The van der Waals surface area contributed by atoms with Gasteiger partial charge in [0.05, 0.1) is 6.10 Å². The molecule has 0 saturated heterocycles. The molecule has 0 aliphatic carbocycles. The SMILES string of the molecule is CSc1ccccc1CC(C)NCC(C)O. The highest BCUT2D eigenvalue weighted by atomic mass is 32.2. The zero-order valence-corrected chi connectivity index (χ0v) is 11.1. The van der Waals surface area contributed by atoms with Gasteiger partial charge in [0.25, 0.3) is 0 Å². The standard InChI is InChI=1S/C13H21NOS/c1-10(14-9-11(2)15)8-12-6-4-5-7-13(12)16-3/h4-7,10-11,14-15H,8-9H2,1-3H3. The van der Waals surface area contributed by atoms with Crippen LogP contribution in [0.2, 0.25) is 0 Å². The van der Waals surface area contributed by atoms with Crippen LogP contribution in [0.4, 0.5) is 0 Å². The largest absolute Gasteiger partial charge is 0.392 e. The van der Waals surface area contributed by atoms with E-state index in [4.69, 9.17) is 0 Å². The Morgan fingerprint density at radius 3 is 2.62 bits per heavy atom. The molecule has 16 heavy (non-hydrogen) atoms. The van der Waals surface area contributed by atoms with Crippen molar-refractivity contribution in [3.8, 4) is 0 Å². The zero-order chi connectivity index (χ0) is 12.0. The van der Waals surface area contributed by atoms with Crippen LogP contribution in [0.5, 0.6) is 0 Å². The van der Waals surface area contributed by atoms with Gasteiger partial charge in [-0.05, 0) is 38.2 Å². The predicted octanol–water partition coefficient (Wildman–Crippen LogP) is 2.31. The Bertz CT molecular complexity index is 315. The molecule has 0 saturated carbocycles. The van der Waals surface area contributed by atoms with E-state index in [0.29, 0.717) is 12.6 Å². The molecule has 1 aromatic rings. The molecule has 3 heteroatoms. The first-order chi connectivity index (χ1) is 7.63. The molecule has 0 heterocycles. The fourth-order valence-corrected chi connectivity index (χ4v) is 2.27. The molecule has 0 aliphatic rings. The molecule has 1 aromatic carbocycles. The van der Waals surface area contributed by atoms with Crippen molar-refractivity contribution in [3.05, 3.63) is 29.8 Å². The summed E-state index contributed by atoms with van der Waals surface area (Å²) in [5, 5.41) is 12.5. The van der Waals surface area contributed by atoms with Gasteiger partial charge >= 0.3 is 0 Å². The number of benzene rings is 1. The molecule has 2 atom stereocenters. The Morgan fingerprint density at radius 2 is 2.00 bits per heavy atom. The van der Waals surface area contributed by atoms with Crippen LogP contribution in [0.1, 0.15) is 19.4 Å². The highest BCUT2D eigenvalue weighted by Gasteiger charge is 2.07. The molecule has 0 fully saturated rings. The molecule has 2 nitrogen and oxygen atoms in total. The number of aliphatic hydroxyl groups excluding tert-OH is 1. The van der Waals surface area contributed by atoms with Gasteiger partial charge in [-0.2, -0.15) is 0 Å². The van der Waals surface area contributed by atoms with E-state index in [1.807, 2.05) is 0 Å². The quantitative estimate of drug-likeness (QED) is 0.747. The third-order valence-electron chi connectivity index (χ3n) is 2.48. The summed E-state index contributed by atoms with van der Waals surface area (Å²) in [5.41, 5.74) is 1.38. The lowest BCUT2D eigenvalue weighted by Gasteiger charge is -2.16. The van der Waals surface area contributed by atoms with Crippen LogP contribution in [0.3, 0.4) is 0 Å². The Morgan fingerprint density at radius 1 is 1.31 bits per heavy atom. The van der Waals surface area contributed by atoms with Crippen molar-refractivity contribution in [2.45, 2.75) is 37.3 Å². The van der Waals surface area contributed by atoms with E-state index < -0.39 is 0 Å². The molecule has 1 rings (SSSR count). The molecular weight excluding hydrogens is 218 g/mol. The van der Waals surface area contributed by atoms with Crippen molar-refractivity contribution in [1.82, 2.24) is 5.32 Å². The van der Waals surface area contributed by atoms with Gasteiger partial charge in [-0.15, -0.1) is 11.8 Å². The fraction of sp³-hybridized carbons (Fsp3) is 0.538. The monoisotopic (exact) mass is 239 g/mol. The minimum absolute atomic E-state index is 0.279. The van der Waals surface area contributed by atoms with Crippen LogP contribution in [-0.4, -0.2) is 30.1 Å². The summed E-state index contributed by atoms with van der Waals surface area (Å²) in [6.07, 6.45) is 2.83. The summed E-state index contributed by atoms with van der Waals surface area (Å²) in [6, 6.07) is 8.87. The summed E-state index contributed by atoms with van der Waals surface area (Å²) in [4.78, 5) is 1.34. The first kappa shape index (κ1) is 13.6. The van der Waals surface area contributed by atoms with E-state index in [2.05, 4.69) is 42.8 Å². The molecule has 0 radical (unpaired) electrons. The van der Waals surface area contributed by atoms with E-state index in [0.717, 1.165) is 6.42 Å². The van der Waals surface area contributed by atoms with E-state index in [1.54, 1.807) is 18.7 Å². The topological polar surface area (TPSA) is 32.3 Å². The second kappa shape index (κ2) is 6.94. The molecule has 90 valence electrons. The highest BCUT2D eigenvalue weighted by molar-refractivity contribution is 7.98. The maximum Gasteiger partial charge on any atom is 0.0636 e. The van der Waals surface area contributed by atoms with Crippen LogP contribution >= 0.6 is 11.8 Å². The number of rotatable bonds is 6. The first-order valence-electron chi connectivity index (χ1n) is 5.66. The third kappa shape index (κ3) is 4.56. The Kier molecular flexibility index (Phi) is 5.88. The normalized spacial score (nSPS) is 14.8. The van der Waals surface area contributed by atoms with Gasteiger partial charge in [0.15, 0.2) is 0 Å². The minimum atomic E-state index is -0.279. The number of thioether (sulfide) groups is 1. The van der Waals surface area contributed by atoms with Gasteiger partial charge in [0.2, 0.25) is 0 Å². The van der Waals surface area contributed by atoms with Gasteiger partial charge in [0, 0.05) is 17.5 Å². The third-order valence-corrected chi connectivity index (χ3v) is 3.32. The van der Waals surface area contributed by atoms with Crippen molar-refractivity contribution in [2.75, 3.05) is 12.8 Å². The van der Waals surface area contributed by atoms with Crippen molar-refractivity contribution >= 4 is 11.8 Å². The minimum Gasteiger partial charge on any atom is -0.392 e. The maximum atomic E-state index is 9.20. The molecule has 0 amide bonds. The van der Waals surface area contributed by atoms with Crippen LogP contribution < -0.4 is 5.32 Å². The lowest BCUT2D eigenvalue weighted by Crippen LogP contribution is -2.33. The van der Waals surface area contributed by atoms with Gasteiger partial charge in [-0.1, -0.05) is 18.2 Å². The Balaban J connectivity index is 2.51. The van der Waals surface area contributed by atoms with Crippen LogP contribution in [-0.2, 0) is 6.42 Å². The van der Waals surface area contributed by atoms with Gasteiger partial charge in [-0.25, -0.2) is 0 Å². The molecule has 0 spiro atoms. The summed E-state index contributed by atoms with van der Waals surface area (Å²) in [5.74, 6) is 0. The van der Waals surface area contributed by atoms with E-state index in [1.165, 1.54) is 10.5 Å². The fourth-order valence-electron chi connectivity index (χ4n) is 1.65. The number of aliphatic hydroxyl groups is 1. The lowest BCUT2D eigenvalue weighted by atomic mass is 10.1. The predicted molar refractivity (Wildman–Crippen MR) is 71.1 cm³/mol. The summed E-state index contributed by atoms with van der Waals surface area (Å²) < 4.78 is 0. The summed E-state index contributed by atoms with van der Waals surface area (Å²) in [6.45, 7) is 4.61. The average Bonchev–Trinajstić information content (AvgIpc) is 2.27.